The molecule has 3 rings (SSSR count). The molecule has 2 aromatic carbocycles. The number of rotatable bonds is 5. The van der Waals surface area contributed by atoms with Crippen molar-refractivity contribution < 1.29 is 13.2 Å². The Morgan fingerprint density at radius 2 is 1.81 bits per heavy atom. The second-order valence-electron chi connectivity index (χ2n) is 6.77. The summed E-state index contributed by atoms with van der Waals surface area (Å²) in [6.07, 6.45) is 1.95. The van der Waals surface area contributed by atoms with E-state index in [0.29, 0.717) is 19.5 Å². The molecule has 26 heavy (non-hydrogen) atoms. The molecule has 1 aliphatic heterocycles. The summed E-state index contributed by atoms with van der Waals surface area (Å²) >= 11 is 0. The van der Waals surface area contributed by atoms with Gasteiger partial charge in [0.05, 0.1) is 4.90 Å². The van der Waals surface area contributed by atoms with Crippen LogP contribution < -0.4 is 0 Å². The van der Waals surface area contributed by atoms with Crippen LogP contribution in [0.5, 0.6) is 0 Å². The maximum absolute atomic E-state index is 12.6. The van der Waals surface area contributed by atoms with E-state index in [2.05, 4.69) is 0 Å². The Hall–Kier alpha value is -2.18. The second-order valence-corrected chi connectivity index (χ2v) is 8.92. The quantitative estimate of drug-likeness (QED) is 0.810. The number of hydrogen-bond acceptors (Lipinski definition) is 3. The fourth-order valence-corrected chi connectivity index (χ4v) is 4.12. The van der Waals surface area contributed by atoms with Crippen LogP contribution in [0.25, 0.3) is 0 Å². The van der Waals surface area contributed by atoms with E-state index in [1.165, 1.54) is 18.4 Å². The third-order valence-electron chi connectivity index (χ3n) is 4.79. The first kappa shape index (κ1) is 18.6. The van der Waals surface area contributed by atoms with Gasteiger partial charge in [0.25, 0.3) is 0 Å². The highest BCUT2D eigenvalue weighted by atomic mass is 32.2. The van der Waals surface area contributed by atoms with Gasteiger partial charge in [-0.05, 0) is 41.7 Å². The first-order chi connectivity index (χ1) is 12.4. The Labute approximate surface area is 155 Å². The molecule has 138 valence electrons. The van der Waals surface area contributed by atoms with E-state index >= 15 is 0 Å². The van der Waals surface area contributed by atoms with Crippen molar-refractivity contribution in [2.45, 2.75) is 30.7 Å². The summed E-state index contributed by atoms with van der Waals surface area (Å²) in [5, 5.41) is 0. The van der Waals surface area contributed by atoms with Gasteiger partial charge in [-0.1, -0.05) is 36.4 Å². The zero-order chi connectivity index (χ0) is 18.7. The van der Waals surface area contributed by atoms with Crippen LogP contribution in [0.4, 0.5) is 0 Å². The number of aryl methyl sites for hydroxylation is 1. The highest BCUT2D eigenvalue weighted by Crippen LogP contribution is 2.24. The number of hydrogen-bond donors (Lipinski definition) is 0. The fraction of sp³-hybridized carbons (Fsp3) is 0.350. The minimum Gasteiger partial charge on any atom is -0.338 e. The molecule has 0 aromatic heterocycles. The summed E-state index contributed by atoms with van der Waals surface area (Å²) in [5.74, 6) is 0.111. The van der Waals surface area contributed by atoms with Crippen LogP contribution in [0.2, 0.25) is 0 Å². The normalized spacial score (nSPS) is 14.3. The van der Waals surface area contributed by atoms with Crippen LogP contribution in [0.1, 0.15) is 23.1 Å². The third kappa shape index (κ3) is 3.97. The number of carbonyl (C=O) groups is 1. The lowest BCUT2D eigenvalue weighted by Crippen LogP contribution is -2.36. The number of carbonyl (C=O) groups excluding carboxylic acids is 1. The van der Waals surface area contributed by atoms with Crippen LogP contribution in [0.15, 0.2) is 53.4 Å². The van der Waals surface area contributed by atoms with E-state index in [1.807, 2.05) is 41.3 Å². The van der Waals surface area contributed by atoms with Gasteiger partial charge in [0.15, 0.2) is 0 Å². The van der Waals surface area contributed by atoms with E-state index < -0.39 is 10.0 Å². The van der Waals surface area contributed by atoms with E-state index in [0.717, 1.165) is 29.5 Å². The number of nitrogens with zero attached hydrogens (tertiary/aromatic N) is 2. The first-order valence-corrected chi connectivity index (χ1v) is 10.2. The second kappa shape index (κ2) is 7.60. The van der Waals surface area contributed by atoms with E-state index in [1.54, 1.807) is 12.1 Å². The van der Waals surface area contributed by atoms with Crippen molar-refractivity contribution in [2.75, 3.05) is 20.6 Å². The molecule has 0 aliphatic carbocycles. The molecule has 0 saturated heterocycles. The van der Waals surface area contributed by atoms with E-state index in [9.17, 15) is 13.2 Å². The zero-order valence-electron chi connectivity index (χ0n) is 15.2. The van der Waals surface area contributed by atoms with Gasteiger partial charge in [-0.3, -0.25) is 4.79 Å². The number of benzene rings is 2. The molecule has 0 unspecified atom stereocenters. The number of sulfonamides is 1. The number of fused-ring (bicyclic) bond motifs is 1. The Morgan fingerprint density at radius 3 is 2.50 bits per heavy atom. The molecule has 0 saturated carbocycles. The van der Waals surface area contributed by atoms with Crippen LogP contribution in [-0.2, 0) is 34.2 Å². The summed E-state index contributed by atoms with van der Waals surface area (Å²) in [4.78, 5) is 14.7. The summed E-state index contributed by atoms with van der Waals surface area (Å²) in [6, 6.07) is 15.2. The van der Waals surface area contributed by atoms with Crippen LogP contribution >= 0.6 is 0 Å². The van der Waals surface area contributed by atoms with Crippen LogP contribution in [0, 0.1) is 0 Å². The Kier molecular flexibility index (Phi) is 5.44. The fourth-order valence-electron chi connectivity index (χ4n) is 3.17. The SMILES string of the molecule is CN(C)S(=O)(=O)c1ccc2c(c1)CN(C(=O)CCc1ccccc1)CC2. The van der Waals surface area contributed by atoms with Crippen molar-refractivity contribution >= 4 is 15.9 Å². The molecule has 1 heterocycles. The van der Waals surface area contributed by atoms with Crippen molar-refractivity contribution in [3.63, 3.8) is 0 Å². The lowest BCUT2D eigenvalue weighted by molar-refractivity contribution is -0.132. The maximum Gasteiger partial charge on any atom is 0.242 e. The maximum atomic E-state index is 12.6. The molecule has 0 N–H and O–H groups in total. The number of amides is 1. The van der Waals surface area contributed by atoms with Gasteiger partial charge < -0.3 is 4.90 Å². The molecule has 0 spiro atoms. The van der Waals surface area contributed by atoms with Crippen molar-refractivity contribution in [1.82, 2.24) is 9.21 Å². The predicted octanol–water partition coefficient (Wildman–Crippen LogP) is 2.45. The Bertz CT molecular complexity index is 893. The van der Waals surface area contributed by atoms with Crippen molar-refractivity contribution in [1.29, 1.82) is 0 Å². The van der Waals surface area contributed by atoms with Gasteiger partial charge in [-0.2, -0.15) is 0 Å². The topological polar surface area (TPSA) is 57.7 Å². The molecule has 0 atom stereocenters. The molecule has 6 heteroatoms. The molecule has 0 radical (unpaired) electrons. The predicted molar refractivity (Wildman–Crippen MR) is 101 cm³/mol. The average Bonchev–Trinajstić information content (AvgIpc) is 2.65. The lowest BCUT2D eigenvalue weighted by atomic mass is 9.99. The van der Waals surface area contributed by atoms with Gasteiger partial charge in [-0.25, -0.2) is 12.7 Å². The summed E-state index contributed by atoms with van der Waals surface area (Å²) in [5.41, 5.74) is 3.19. The van der Waals surface area contributed by atoms with Crippen molar-refractivity contribution in [2.24, 2.45) is 0 Å². The molecule has 5 nitrogen and oxygen atoms in total. The van der Waals surface area contributed by atoms with Gasteiger partial charge in [0.2, 0.25) is 15.9 Å². The minimum atomic E-state index is -3.46. The summed E-state index contributed by atoms with van der Waals surface area (Å²) < 4.78 is 25.9. The summed E-state index contributed by atoms with van der Waals surface area (Å²) in [6.45, 7) is 1.15. The average molecular weight is 372 g/mol. The highest BCUT2D eigenvalue weighted by Gasteiger charge is 2.24. The molecular weight excluding hydrogens is 348 g/mol. The standard InChI is InChI=1S/C20H24N2O3S/c1-21(2)26(24,25)19-10-9-17-12-13-22(15-18(17)14-19)20(23)11-8-16-6-4-3-5-7-16/h3-7,9-10,14H,8,11-13,15H2,1-2H3. The zero-order valence-corrected chi connectivity index (χ0v) is 16.0. The van der Waals surface area contributed by atoms with Gasteiger partial charge in [0.1, 0.15) is 0 Å². The van der Waals surface area contributed by atoms with E-state index in [4.69, 9.17) is 0 Å². The molecule has 0 fully saturated rings. The van der Waals surface area contributed by atoms with Crippen molar-refractivity contribution in [3.05, 3.63) is 65.2 Å². The van der Waals surface area contributed by atoms with E-state index in [-0.39, 0.29) is 10.8 Å². The monoisotopic (exact) mass is 372 g/mol. The smallest absolute Gasteiger partial charge is 0.242 e. The Balaban J connectivity index is 1.71. The molecule has 1 amide bonds. The molecule has 1 aliphatic rings. The Morgan fingerprint density at radius 1 is 1.08 bits per heavy atom. The van der Waals surface area contributed by atoms with Crippen LogP contribution in [0.3, 0.4) is 0 Å². The van der Waals surface area contributed by atoms with Gasteiger partial charge in [0, 0.05) is 33.6 Å². The van der Waals surface area contributed by atoms with Gasteiger partial charge >= 0.3 is 0 Å². The minimum absolute atomic E-state index is 0.111. The summed E-state index contributed by atoms with van der Waals surface area (Å²) in [7, 11) is -0.420. The van der Waals surface area contributed by atoms with Crippen molar-refractivity contribution in [3.8, 4) is 0 Å². The molecule has 0 bridgehead atoms. The molecular formula is C20H24N2O3S. The highest BCUT2D eigenvalue weighted by molar-refractivity contribution is 7.89. The largest absolute Gasteiger partial charge is 0.338 e. The molecule has 2 aromatic rings. The first-order valence-electron chi connectivity index (χ1n) is 8.74. The van der Waals surface area contributed by atoms with Gasteiger partial charge in [-0.15, -0.1) is 0 Å². The lowest BCUT2D eigenvalue weighted by Gasteiger charge is -2.29. The third-order valence-corrected chi connectivity index (χ3v) is 6.60. The van der Waals surface area contributed by atoms with Crippen LogP contribution in [-0.4, -0.2) is 44.2 Å².